The van der Waals surface area contributed by atoms with Crippen LogP contribution < -0.4 is 5.32 Å². The second-order valence-electron chi connectivity index (χ2n) is 4.32. The fourth-order valence-electron chi connectivity index (χ4n) is 2.04. The first-order valence-electron chi connectivity index (χ1n) is 6.08. The number of nitrogens with zero attached hydrogens (tertiary/aromatic N) is 1. The highest BCUT2D eigenvalue weighted by Crippen LogP contribution is 2.31. The number of benzene rings is 1. The number of alkyl halides is 1. The smallest absolute Gasteiger partial charge is 0.123 e. The van der Waals surface area contributed by atoms with Gasteiger partial charge in [0.05, 0.1) is 19.2 Å². The molecule has 3 unspecified atom stereocenters. The maximum Gasteiger partial charge on any atom is 0.123 e. The highest BCUT2D eigenvalue weighted by Gasteiger charge is 2.35. The van der Waals surface area contributed by atoms with Crippen molar-refractivity contribution in [2.75, 3.05) is 13.2 Å². The second kappa shape index (κ2) is 7.85. The molecule has 0 radical (unpaired) electrons. The van der Waals surface area contributed by atoms with Gasteiger partial charge >= 0.3 is 0 Å². The summed E-state index contributed by atoms with van der Waals surface area (Å²) >= 11 is 23.7. The Balaban J connectivity index is 1.96. The Kier molecular flexibility index (Phi) is 6.43. The summed E-state index contributed by atoms with van der Waals surface area (Å²) in [5.41, 5.74) is 0.696. The summed E-state index contributed by atoms with van der Waals surface area (Å²) in [7, 11) is 0. The van der Waals surface area contributed by atoms with E-state index >= 15 is 0 Å². The minimum Gasteiger partial charge on any atom is -0.358 e. The normalized spacial score (nSPS) is 27.3. The Morgan fingerprint density at radius 2 is 2.05 bits per heavy atom. The van der Waals surface area contributed by atoms with Crippen LogP contribution in [-0.2, 0) is 4.74 Å². The molecule has 7 heteroatoms. The number of hydrogen-bond donors (Lipinski definition) is 1. The van der Waals surface area contributed by atoms with E-state index in [1.807, 2.05) is 30.3 Å². The zero-order chi connectivity index (χ0) is 14.5. The highest BCUT2D eigenvalue weighted by atomic mass is 35.5. The minimum atomic E-state index is -0.357. The van der Waals surface area contributed by atoms with E-state index in [1.165, 1.54) is 0 Å². The number of rotatable bonds is 4. The van der Waals surface area contributed by atoms with Gasteiger partial charge in [-0.3, -0.25) is 5.32 Å². The van der Waals surface area contributed by atoms with Gasteiger partial charge in [-0.15, -0.1) is 11.6 Å². The van der Waals surface area contributed by atoms with Crippen molar-refractivity contribution >= 4 is 46.6 Å². The van der Waals surface area contributed by atoms with Crippen LogP contribution in [0.5, 0.6) is 0 Å². The van der Waals surface area contributed by atoms with E-state index in [9.17, 15) is 0 Å². The fraction of sp³-hybridized carbons (Fsp3) is 0.385. The fourth-order valence-corrected chi connectivity index (χ4v) is 3.00. The molecule has 20 heavy (non-hydrogen) atoms. The molecule has 3 nitrogen and oxygen atoms in total. The van der Waals surface area contributed by atoms with Gasteiger partial charge in [0.25, 0.3) is 0 Å². The summed E-state index contributed by atoms with van der Waals surface area (Å²) in [4.78, 5) is 0. The second-order valence-corrected chi connectivity index (χ2v) is 6.23. The molecule has 1 N–H and O–H groups in total. The van der Waals surface area contributed by atoms with Crippen LogP contribution in [0, 0.1) is 0 Å². The number of nitrogens with one attached hydrogen (secondary N) is 1. The third-order valence-electron chi connectivity index (χ3n) is 2.94. The van der Waals surface area contributed by atoms with Gasteiger partial charge in [-0.25, -0.2) is 4.42 Å². The highest BCUT2D eigenvalue weighted by molar-refractivity contribution is 6.55. The molecule has 0 spiro atoms. The third kappa shape index (κ3) is 4.50. The SMILES string of the molecule is ClC(Cl)=CCOC1CN(Cl)C(c2ccccc2)C(Cl)N1. The maximum atomic E-state index is 6.36. The van der Waals surface area contributed by atoms with Crippen LogP contribution in [0.3, 0.4) is 0 Å². The van der Waals surface area contributed by atoms with Crippen molar-refractivity contribution in [1.29, 1.82) is 0 Å². The Labute approximate surface area is 138 Å². The lowest BCUT2D eigenvalue weighted by molar-refractivity contribution is -0.00157. The van der Waals surface area contributed by atoms with Crippen molar-refractivity contribution < 1.29 is 4.74 Å². The molecule has 1 aliphatic heterocycles. The van der Waals surface area contributed by atoms with Crippen LogP contribution in [0.1, 0.15) is 11.6 Å². The van der Waals surface area contributed by atoms with Gasteiger partial charge in [0.2, 0.25) is 0 Å². The molecule has 1 fully saturated rings. The van der Waals surface area contributed by atoms with E-state index in [0.29, 0.717) is 13.2 Å². The molecule has 0 saturated carbocycles. The van der Waals surface area contributed by atoms with Crippen molar-refractivity contribution in [3.05, 3.63) is 46.5 Å². The summed E-state index contributed by atoms with van der Waals surface area (Å²) in [5, 5.41) is 3.17. The van der Waals surface area contributed by atoms with Crippen LogP contribution in [0.25, 0.3) is 0 Å². The summed E-state index contributed by atoms with van der Waals surface area (Å²) in [6, 6.07) is 9.74. The van der Waals surface area contributed by atoms with Gasteiger partial charge in [-0.2, -0.15) is 0 Å². The molecule has 0 bridgehead atoms. The number of ether oxygens (including phenoxy) is 1. The largest absolute Gasteiger partial charge is 0.358 e. The van der Waals surface area contributed by atoms with Crippen LogP contribution in [0.4, 0.5) is 0 Å². The molecular formula is C13H14Cl4N2O. The summed E-state index contributed by atoms with van der Waals surface area (Å²) < 4.78 is 7.38. The molecule has 1 saturated heterocycles. The van der Waals surface area contributed by atoms with Crippen LogP contribution >= 0.6 is 46.6 Å². The average molecular weight is 356 g/mol. The van der Waals surface area contributed by atoms with Gasteiger partial charge in [-0.1, -0.05) is 53.5 Å². The summed E-state index contributed by atoms with van der Waals surface area (Å²) in [6.45, 7) is 0.794. The van der Waals surface area contributed by atoms with Crippen molar-refractivity contribution in [2.45, 2.75) is 17.8 Å². The van der Waals surface area contributed by atoms with E-state index in [-0.39, 0.29) is 22.3 Å². The summed E-state index contributed by atoms with van der Waals surface area (Å²) in [5.74, 6) is 0. The van der Waals surface area contributed by atoms with Crippen molar-refractivity contribution in [2.24, 2.45) is 0 Å². The quantitative estimate of drug-likeness (QED) is 0.501. The lowest BCUT2D eigenvalue weighted by atomic mass is 10.1. The molecule has 0 amide bonds. The van der Waals surface area contributed by atoms with Gasteiger partial charge in [0, 0.05) is 0 Å². The maximum absolute atomic E-state index is 6.36. The van der Waals surface area contributed by atoms with E-state index < -0.39 is 0 Å². The predicted molar refractivity (Wildman–Crippen MR) is 84.0 cm³/mol. The van der Waals surface area contributed by atoms with E-state index in [2.05, 4.69) is 5.32 Å². The zero-order valence-corrected chi connectivity index (χ0v) is 13.5. The minimum absolute atomic E-state index is 0.119. The molecule has 1 aromatic carbocycles. The first kappa shape index (κ1) is 16.4. The molecule has 1 heterocycles. The van der Waals surface area contributed by atoms with E-state index in [1.54, 1.807) is 10.5 Å². The molecule has 0 aromatic heterocycles. The molecular weight excluding hydrogens is 342 g/mol. The topological polar surface area (TPSA) is 24.5 Å². The monoisotopic (exact) mass is 354 g/mol. The zero-order valence-electron chi connectivity index (χ0n) is 10.5. The lowest BCUT2D eigenvalue weighted by Crippen LogP contribution is -2.54. The van der Waals surface area contributed by atoms with Crippen LogP contribution in [-0.4, -0.2) is 29.3 Å². The first-order chi connectivity index (χ1) is 9.58. The number of hydrogen-bond acceptors (Lipinski definition) is 3. The standard InChI is InChI=1S/C13H14Cl4N2O/c14-10(15)6-7-20-11-8-19(17)12(13(16)18-11)9-4-2-1-3-5-9/h1-6,11-13,18H,7-8H2. The Bertz CT molecular complexity index is 441. The third-order valence-corrected chi connectivity index (χ3v) is 3.96. The average Bonchev–Trinajstić information content (AvgIpc) is 2.38. The molecule has 1 aromatic rings. The predicted octanol–water partition coefficient (Wildman–Crippen LogP) is 4.01. The van der Waals surface area contributed by atoms with Gasteiger partial charge in [0.1, 0.15) is 16.2 Å². The molecule has 0 aliphatic carbocycles. The van der Waals surface area contributed by atoms with E-state index in [0.717, 1.165) is 5.56 Å². The summed E-state index contributed by atoms with van der Waals surface area (Å²) in [6.07, 6.45) is 1.29. The molecule has 2 rings (SSSR count). The van der Waals surface area contributed by atoms with Crippen molar-refractivity contribution in [1.82, 2.24) is 9.74 Å². The molecule has 3 atom stereocenters. The van der Waals surface area contributed by atoms with Gasteiger partial charge in [-0.05, 0) is 23.4 Å². The number of piperazine rings is 1. The van der Waals surface area contributed by atoms with Gasteiger partial charge < -0.3 is 4.74 Å². The van der Waals surface area contributed by atoms with Crippen LogP contribution in [0.15, 0.2) is 40.9 Å². The Hall–Kier alpha value is -0.000000000000000132. The Morgan fingerprint density at radius 3 is 2.65 bits per heavy atom. The molecule has 110 valence electrons. The van der Waals surface area contributed by atoms with Gasteiger partial charge in [0.15, 0.2) is 0 Å². The first-order valence-corrected chi connectivity index (χ1v) is 7.61. The Morgan fingerprint density at radius 1 is 1.35 bits per heavy atom. The van der Waals surface area contributed by atoms with Crippen molar-refractivity contribution in [3.8, 4) is 0 Å². The number of halogens is 4. The van der Waals surface area contributed by atoms with Crippen LogP contribution in [0.2, 0.25) is 0 Å². The lowest BCUT2D eigenvalue weighted by Gasteiger charge is -2.39. The van der Waals surface area contributed by atoms with E-state index in [4.69, 9.17) is 51.3 Å². The van der Waals surface area contributed by atoms with Crippen molar-refractivity contribution in [3.63, 3.8) is 0 Å². The molecule has 1 aliphatic rings.